The fourth-order valence-corrected chi connectivity index (χ4v) is 10.00. The summed E-state index contributed by atoms with van der Waals surface area (Å²) in [4.78, 5) is 15.2. The highest BCUT2D eigenvalue weighted by Crippen LogP contribution is 2.59. The Morgan fingerprint density at radius 3 is 1.59 bits per heavy atom. The van der Waals surface area contributed by atoms with Crippen LogP contribution in [0.5, 0.6) is 5.75 Å². The minimum absolute atomic E-state index is 0.0852. The lowest BCUT2D eigenvalue weighted by atomic mass is 9.49. The van der Waals surface area contributed by atoms with E-state index in [1.165, 1.54) is 66.1 Å². The van der Waals surface area contributed by atoms with Crippen LogP contribution in [0.2, 0.25) is 0 Å². The second kappa shape index (κ2) is 11.8. The number of carbonyl (C=O) groups excluding carboxylic acids is 1. The molecule has 5 aliphatic rings. The summed E-state index contributed by atoms with van der Waals surface area (Å²) in [6, 6.07) is 30.3. The zero-order valence-electron chi connectivity index (χ0n) is 22.8. The van der Waals surface area contributed by atoms with Gasteiger partial charge in [0.25, 0.3) is 0 Å². The molecular weight excluding hydrogens is 500 g/mol. The Bertz CT molecular complexity index is 1140. The second-order valence-corrected chi connectivity index (χ2v) is 14.3. The molecule has 8 rings (SSSR count). The van der Waals surface area contributed by atoms with Crippen molar-refractivity contribution in [3.63, 3.8) is 0 Å². The summed E-state index contributed by atoms with van der Waals surface area (Å²) in [5, 5.41) is 11.1. The van der Waals surface area contributed by atoms with Crippen LogP contribution in [-0.4, -0.2) is 12.1 Å². The van der Waals surface area contributed by atoms with Gasteiger partial charge in [-0.25, -0.2) is 0 Å². The number of hydrogen-bond acceptors (Lipinski definition) is 3. The number of carboxylic acids is 1. The van der Waals surface area contributed by atoms with Crippen molar-refractivity contribution in [2.75, 3.05) is 0 Å². The maximum Gasteiger partial charge on any atom is 0.166 e. The van der Waals surface area contributed by atoms with Crippen LogP contribution in [0.15, 0.2) is 99.6 Å². The third-order valence-corrected chi connectivity index (χ3v) is 11.6. The van der Waals surface area contributed by atoms with Crippen molar-refractivity contribution < 1.29 is 14.6 Å². The number of benzene rings is 3. The zero-order chi connectivity index (χ0) is 26.7. The maximum atomic E-state index is 11.1. The fraction of sp³-hybridized carbons (Fsp3) is 0.457. The Balaban J connectivity index is 0.000000176. The smallest absolute Gasteiger partial charge is 0.166 e. The average Bonchev–Trinajstić information content (AvgIpc) is 2.96. The molecule has 5 saturated carbocycles. The van der Waals surface area contributed by atoms with E-state index < -0.39 is 11.4 Å². The molecule has 5 fully saturated rings. The van der Waals surface area contributed by atoms with Crippen molar-refractivity contribution in [3.8, 4) is 5.75 Å². The molecule has 0 N–H and O–H groups in total. The van der Waals surface area contributed by atoms with Gasteiger partial charge in [-0.1, -0.05) is 42.8 Å². The molecule has 204 valence electrons. The Morgan fingerprint density at radius 2 is 1.13 bits per heavy atom. The largest absolute Gasteiger partial charge is 0.550 e. The standard InChI is InChI=1S/C24H25OS.C11H16O2/c1-4-10-20(11-5-1)25-21-16-18-24(19-17-21)26(22-12-6-2-7-13-22)23-14-8-3-9-15-23;12-10(13)11-4-7-1-8(5-11)3-9(2-7)6-11/h2-3,6-9,12-20H,1,4-5,10-11H2;7-9H,1-6H2,(H,12,13)/q+1;/p-1. The molecule has 39 heavy (non-hydrogen) atoms. The molecule has 0 aromatic heterocycles. The van der Waals surface area contributed by atoms with Crippen molar-refractivity contribution in [2.45, 2.75) is 91.4 Å². The fourth-order valence-electron chi connectivity index (χ4n) is 7.91. The van der Waals surface area contributed by atoms with E-state index in [0.29, 0.717) is 23.9 Å². The molecule has 0 saturated heterocycles. The molecular formula is C35H40O3S. The normalized spacial score (nSPS) is 27.6. The summed E-state index contributed by atoms with van der Waals surface area (Å²) in [6.07, 6.45) is 13.4. The average molecular weight is 541 g/mol. The van der Waals surface area contributed by atoms with Crippen molar-refractivity contribution in [1.82, 2.24) is 0 Å². The molecule has 0 spiro atoms. The molecule has 3 aromatic carbocycles. The van der Waals surface area contributed by atoms with Crippen molar-refractivity contribution in [3.05, 3.63) is 84.9 Å². The Labute approximate surface area is 236 Å². The van der Waals surface area contributed by atoms with Gasteiger partial charge in [-0.15, -0.1) is 0 Å². The third-order valence-electron chi connectivity index (χ3n) is 9.34. The number of carbonyl (C=O) groups is 1. The van der Waals surface area contributed by atoms with Crippen LogP contribution in [0, 0.1) is 23.2 Å². The first-order valence-electron chi connectivity index (χ1n) is 14.9. The van der Waals surface area contributed by atoms with Gasteiger partial charge in [0.1, 0.15) is 5.75 Å². The van der Waals surface area contributed by atoms with E-state index in [1.54, 1.807) is 0 Å². The first-order chi connectivity index (χ1) is 19.1. The summed E-state index contributed by atoms with van der Waals surface area (Å²) >= 11 is 0. The van der Waals surface area contributed by atoms with E-state index in [9.17, 15) is 9.90 Å². The van der Waals surface area contributed by atoms with E-state index in [4.69, 9.17) is 4.74 Å². The molecule has 3 nitrogen and oxygen atoms in total. The summed E-state index contributed by atoms with van der Waals surface area (Å²) in [5.41, 5.74) is -0.394. The highest BCUT2D eigenvalue weighted by Gasteiger charge is 2.51. The van der Waals surface area contributed by atoms with Gasteiger partial charge >= 0.3 is 0 Å². The molecule has 3 aromatic rings. The van der Waals surface area contributed by atoms with Gasteiger partial charge in [0.2, 0.25) is 0 Å². The molecule has 0 heterocycles. The quantitative estimate of drug-likeness (QED) is 0.305. The van der Waals surface area contributed by atoms with Crippen LogP contribution < -0.4 is 9.84 Å². The molecule has 4 heteroatoms. The van der Waals surface area contributed by atoms with Crippen LogP contribution in [0.4, 0.5) is 0 Å². The van der Waals surface area contributed by atoms with Crippen molar-refractivity contribution in [1.29, 1.82) is 0 Å². The predicted octanol–water partition coefficient (Wildman–Crippen LogP) is 7.45. The van der Waals surface area contributed by atoms with Gasteiger partial charge < -0.3 is 14.6 Å². The van der Waals surface area contributed by atoms with Gasteiger partial charge in [0.05, 0.1) is 17.0 Å². The van der Waals surface area contributed by atoms with E-state index in [-0.39, 0.29) is 10.9 Å². The van der Waals surface area contributed by atoms with Gasteiger partial charge in [-0.2, -0.15) is 0 Å². The lowest BCUT2D eigenvalue weighted by molar-refractivity contribution is -0.327. The maximum absolute atomic E-state index is 11.1. The number of aliphatic carboxylic acids is 1. The number of carboxylic acid groups (broad SMARTS) is 1. The summed E-state index contributed by atoms with van der Waals surface area (Å²) < 4.78 is 6.20. The Morgan fingerprint density at radius 1 is 0.667 bits per heavy atom. The predicted molar refractivity (Wildman–Crippen MR) is 155 cm³/mol. The summed E-state index contributed by atoms with van der Waals surface area (Å²) in [6.45, 7) is 0. The SMILES string of the molecule is O=C([O-])C12CC3CC(CC(C3)C1)C2.c1ccc([S+](c2ccccc2)c2ccc(OC3CCCCC3)cc2)cc1. The van der Waals surface area contributed by atoms with Gasteiger partial charge in [-0.05, 0) is 130 Å². The molecule has 0 unspecified atom stereocenters. The minimum atomic E-state index is -0.758. The van der Waals surface area contributed by atoms with Crippen LogP contribution >= 0.6 is 0 Å². The topological polar surface area (TPSA) is 49.4 Å². The molecule has 4 bridgehead atoms. The number of rotatable bonds is 6. The molecule has 0 radical (unpaired) electrons. The molecule has 0 aliphatic heterocycles. The summed E-state index contributed by atoms with van der Waals surface area (Å²) in [7, 11) is -0.0852. The van der Waals surface area contributed by atoms with Gasteiger partial charge in [-0.3, -0.25) is 0 Å². The number of ether oxygens (including phenoxy) is 1. The molecule has 5 aliphatic carbocycles. The second-order valence-electron chi connectivity index (χ2n) is 12.3. The third kappa shape index (κ3) is 6.06. The van der Waals surface area contributed by atoms with Crippen molar-refractivity contribution >= 4 is 16.9 Å². The number of hydrogen-bond donors (Lipinski definition) is 0. The minimum Gasteiger partial charge on any atom is -0.550 e. The van der Waals surface area contributed by atoms with Crippen LogP contribution in [0.3, 0.4) is 0 Å². The Kier molecular flexibility index (Phi) is 8.02. The van der Waals surface area contributed by atoms with Crippen LogP contribution in [0.1, 0.15) is 70.6 Å². The highest BCUT2D eigenvalue weighted by molar-refractivity contribution is 7.97. The zero-order valence-corrected chi connectivity index (χ0v) is 23.6. The van der Waals surface area contributed by atoms with E-state index in [0.717, 1.165) is 25.0 Å². The van der Waals surface area contributed by atoms with E-state index in [1.807, 2.05) is 0 Å². The molecule has 0 amide bonds. The molecule has 0 atom stereocenters. The van der Waals surface area contributed by atoms with Gasteiger partial charge in [0, 0.05) is 11.4 Å². The van der Waals surface area contributed by atoms with Crippen LogP contribution in [0.25, 0.3) is 0 Å². The lowest BCUT2D eigenvalue weighted by Gasteiger charge is -2.57. The first-order valence-corrected chi connectivity index (χ1v) is 16.1. The highest BCUT2D eigenvalue weighted by atomic mass is 32.2. The van der Waals surface area contributed by atoms with E-state index >= 15 is 0 Å². The summed E-state index contributed by atoms with van der Waals surface area (Å²) in [5.74, 6) is 2.38. The Hall–Kier alpha value is -2.72. The first kappa shape index (κ1) is 26.5. The lowest BCUT2D eigenvalue weighted by Crippen LogP contribution is -2.54. The van der Waals surface area contributed by atoms with Crippen molar-refractivity contribution in [2.24, 2.45) is 23.2 Å². The van der Waals surface area contributed by atoms with Gasteiger partial charge in [0.15, 0.2) is 14.7 Å². The van der Waals surface area contributed by atoms with Crippen LogP contribution in [-0.2, 0) is 15.7 Å². The van der Waals surface area contributed by atoms with E-state index in [2.05, 4.69) is 84.9 Å². The monoisotopic (exact) mass is 540 g/mol.